The van der Waals surface area contributed by atoms with Crippen LogP contribution in [0.15, 0.2) is 4.79 Å². The van der Waals surface area contributed by atoms with Gasteiger partial charge in [0, 0.05) is 5.69 Å². The van der Waals surface area contributed by atoms with E-state index in [1.54, 1.807) is 0 Å². The summed E-state index contributed by atoms with van der Waals surface area (Å²) in [6.07, 6.45) is 2.92. The Bertz CT molecular complexity index is 494. The molecule has 15 heavy (non-hydrogen) atoms. The van der Waals surface area contributed by atoms with Crippen LogP contribution in [0.3, 0.4) is 0 Å². The summed E-state index contributed by atoms with van der Waals surface area (Å²) in [6.45, 7) is 4.12. The zero-order chi connectivity index (χ0) is 11.0. The van der Waals surface area contributed by atoms with Gasteiger partial charge in [0.2, 0.25) is 0 Å². The number of aromatic amines is 1. The maximum atomic E-state index is 11.5. The van der Waals surface area contributed by atoms with Crippen molar-refractivity contribution < 1.29 is 0 Å². The van der Waals surface area contributed by atoms with Gasteiger partial charge in [0.1, 0.15) is 11.6 Å². The lowest BCUT2D eigenvalue weighted by Gasteiger charge is -2.23. The minimum atomic E-state index is -0.233. The average molecular weight is 202 g/mol. The summed E-state index contributed by atoms with van der Waals surface area (Å²) in [6, 6.07) is 2.02. The number of hydrogen-bond acceptors (Lipinski definition) is 2. The van der Waals surface area contributed by atoms with Crippen molar-refractivity contribution in [3.8, 4) is 6.07 Å². The second kappa shape index (κ2) is 3.54. The molecule has 78 valence electrons. The van der Waals surface area contributed by atoms with E-state index in [0.717, 1.165) is 30.5 Å². The highest BCUT2D eigenvalue weighted by Crippen LogP contribution is 2.27. The number of rotatable bonds is 0. The zero-order valence-corrected chi connectivity index (χ0v) is 9.05. The van der Waals surface area contributed by atoms with E-state index >= 15 is 0 Å². The lowest BCUT2D eigenvalue weighted by atomic mass is 9.82. The van der Waals surface area contributed by atoms with Crippen LogP contribution < -0.4 is 5.56 Å². The van der Waals surface area contributed by atoms with Gasteiger partial charge in [-0.1, -0.05) is 6.92 Å². The molecular weight excluding hydrogens is 188 g/mol. The second-order valence-electron chi connectivity index (χ2n) is 4.37. The van der Waals surface area contributed by atoms with Gasteiger partial charge in [-0.25, -0.2) is 0 Å². The molecule has 0 spiro atoms. The first kappa shape index (κ1) is 9.97. The van der Waals surface area contributed by atoms with E-state index < -0.39 is 0 Å². The summed E-state index contributed by atoms with van der Waals surface area (Å²) in [5, 5.41) is 8.96. The van der Waals surface area contributed by atoms with Gasteiger partial charge < -0.3 is 4.98 Å². The van der Waals surface area contributed by atoms with E-state index in [0.29, 0.717) is 11.5 Å². The molecule has 0 saturated carbocycles. The minimum Gasteiger partial charge on any atom is -0.325 e. The second-order valence-corrected chi connectivity index (χ2v) is 4.37. The summed E-state index contributed by atoms with van der Waals surface area (Å²) < 4.78 is 0. The Balaban J connectivity index is 2.69. The molecule has 1 unspecified atom stereocenters. The Kier molecular flexibility index (Phi) is 2.36. The van der Waals surface area contributed by atoms with E-state index in [2.05, 4.69) is 11.9 Å². The number of nitrogens with one attached hydrogen (secondary N) is 1. The maximum Gasteiger partial charge on any atom is 0.266 e. The van der Waals surface area contributed by atoms with Gasteiger partial charge in [-0.2, -0.15) is 5.26 Å². The molecule has 1 aliphatic rings. The number of nitrogens with zero attached hydrogens (tertiary/aromatic N) is 1. The standard InChI is InChI=1S/C12H14N2O/c1-7-3-4-9-10(5-7)8(2)14-12(15)11(9)6-13/h7H,3-5H2,1-2H3,(H,14,15). The van der Waals surface area contributed by atoms with Crippen molar-refractivity contribution >= 4 is 0 Å². The molecule has 1 atom stereocenters. The van der Waals surface area contributed by atoms with Crippen LogP contribution in [-0.4, -0.2) is 4.98 Å². The van der Waals surface area contributed by atoms with Crippen molar-refractivity contribution in [1.29, 1.82) is 5.26 Å². The molecule has 1 aliphatic carbocycles. The molecule has 3 heteroatoms. The first-order valence-electron chi connectivity index (χ1n) is 5.28. The first-order valence-corrected chi connectivity index (χ1v) is 5.28. The van der Waals surface area contributed by atoms with Crippen LogP contribution in [-0.2, 0) is 12.8 Å². The lowest BCUT2D eigenvalue weighted by molar-refractivity contribution is 0.496. The van der Waals surface area contributed by atoms with Gasteiger partial charge in [0.15, 0.2) is 0 Å². The largest absolute Gasteiger partial charge is 0.325 e. The van der Waals surface area contributed by atoms with Gasteiger partial charge in [0.25, 0.3) is 5.56 Å². The number of aromatic nitrogens is 1. The number of aryl methyl sites for hydroxylation is 1. The van der Waals surface area contributed by atoms with E-state index in [1.807, 2.05) is 13.0 Å². The van der Waals surface area contributed by atoms with E-state index in [1.165, 1.54) is 5.56 Å². The highest BCUT2D eigenvalue weighted by Gasteiger charge is 2.21. The van der Waals surface area contributed by atoms with Gasteiger partial charge in [-0.05, 0) is 43.2 Å². The SMILES string of the molecule is Cc1[nH]c(=O)c(C#N)c2c1CC(C)CC2. The Labute approximate surface area is 88.8 Å². The van der Waals surface area contributed by atoms with Crippen molar-refractivity contribution in [3.05, 3.63) is 32.7 Å². The van der Waals surface area contributed by atoms with Crippen molar-refractivity contribution in [2.45, 2.75) is 33.1 Å². The molecule has 1 aromatic rings. The van der Waals surface area contributed by atoms with Gasteiger partial charge in [0.05, 0.1) is 0 Å². The van der Waals surface area contributed by atoms with Gasteiger partial charge in [-0.15, -0.1) is 0 Å². The molecule has 0 aromatic carbocycles. The molecule has 3 nitrogen and oxygen atoms in total. The fraction of sp³-hybridized carbons (Fsp3) is 0.500. The van der Waals surface area contributed by atoms with Crippen LogP contribution in [0.25, 0.3) is 0 Å². The lowest BCUT2D eigenvalue weighted by Crippen LogP contribution is -2.23. The van der Waals surface area contributed by atoms with Gasteiger partial charge in [-0.3, -0.25) is 4.79 Å². The molecule has 1 N–H and O–H groups in total. The fourth-order valence-corrected chi connectivity index (χ4v) is 2.33. The summed E-state index contributed by atoms with van der Waals surface area (Å²) in [7, 11) is 0. The van der Waals surface area contributed by atoms with E-state index in [9.17, 15) is 4.79 Å². The van der Waals surface area contributed by atoms with E-state index in [4.69, 9.17) is 5.26 Å². The molecule has 1 aromatic heterocycles. The third-order valence-corrected chi connectivity index (χ3v) is 3.20. The fourth-order valence-electron chi connectivity index (χ4n) is 2.33. The van der Waals surface area contributed by atoms with Crippen molar-refractivity contribution in [2.24, 2.45) is 5.92 Å². The molecular formula is C12H14N2O. The van der Waals surface area contributed by atoms with Gasteiger partial charge >= 0.3 is 0 Å². The topological polar surface area (TPSA) is 56.6 Å². The first-order chi connectivity index (χ1) is 7.13. The van der Waals surface area contributed by atoms with Crippen LogP contribution in [0.4, 0.5) is 0 Å². The number of nitriles is 1. The number of hydrogen-bond donors (Lipinski definition) is 1. The zero-order valence-electron chi connectivity index (χ0n) is 9.05. The average Bonchev–Trinajstić information content (AvgIpc) is 2.19. The Morgan fingerprint density at radius 1 is 1.47 bits per heavy atom. The van der Waals surface area contributed by atoms with Crippen LogP contribution >= 0.6 is 0 Å². The molecule has 2 rings (SSSR count). The summed E-state index contributed by atoms with van der Waals surface area (Å²) in [5.74, 6) is 0.647. The molecule has 0 radical (unpaired) electrons. The number of H-pyrrole nitrogens is 1. The van der Waals surface area contributed by atoms with Crippen molar-refractivity contribution in [2.75, 3.05) is 0 Å². The molecule has 0 aliphatic heterocycles. The summed E-state index contributed by atoms with van der Waals surface area (Å²) in [5.41, 5.74) is 3.19. The number of fused-ring (bicyclic) bond motifs is 1. The third-order valence-electron chi connectivity index (χ3n) is 3.20. The number of pyridine rings is 1. The minimum absolute atomic E-state index is 0.233. The predicted molar refractivity (Wildman–Crippen MR) is 57.7 cm³/mol. The Morgan fingerprint density at radius 2 is 2.20 bits per heavy atom. The van der Waals surface area contributed by atoms with Crippen molar-refractivity contribution in [3.63, 3.8) is 0 Å². The molecule has 0 saturated heterocycles. The normalized spacial score (nSPS) is 19.4. The molecule has 0 bridgehead atoms. The highest BCUT2D eigenvalue weighted by molar-refractivity contribution is 5.44. The Hall–Kier alpha value is -1.56. The smallest absolute Gasteiger partial charge is 0.266 e. The van der Waals surface area contributed by atoms with Crippen LogP contribution in [0.1, 0.15) is 35.7 Å². The van der Waals surface area contributed by atoms with Crippen LogP contribution in [0.5, 0.6) is 0 Å². The maximum absolute atomic E-state index is 11.5. The molecule has 0 amide bonds. The molecule has 0 fully saturated rings. The van der Waals surface area contributed by atoms with Crippen molar-refractivity contribution in [1.82, 2.24) is 4.98 Å². The van der Waals surface area contributed by atoms with E-state index in [-0.39, 0.29) is 5.56 Å². The Morgan fingerprint density at radius 3 is 2.87 bits per heavy atom. The molecule has 1 heterocycles. The third kappa shape index (κ3) is 1.56. The monoisotopic (exact) mass is 202 g/mol. The summed E-state index contributed by atoms with van der Waals surface area (Å²) >= 11 is 0. The highest BCUT2D eigenvalue weighted by atomic mass is 16.1. The quantitative estimate of drug-likeness (QED) is 0.695. The summed E-state index contributed by atoms with van der Waals surface area (Å²) in [4.78, 5) is 14.3. The van der Waals surface area contributed by atoms with Crippen LogP contribution in [0, 0.1) is 24.2 Å². The predicted octanol–water partition coefficient (Wildman–Crippen LogP) is 1.68. The van der Waals surface area contributed by atoms with Crippen LogP contribution in [0.2, 0.25) is 0 Å².